The van der Waals surface area contributed by atoms with Gasteiger partial charge in [0.2, 0.25) is 23.7 Å². The Hall–Kier alpha value is -6.58. The molecule has 0 saturated carbocycles. The third-order valence-electron chi connectivity index (χ3n) is 12.0. The van der Waals surface area contributed by atoms with E-state index in [2.05, 4.69) is 65.3 Å². The SMILES string of the molecule is CN(c1ccc(N2CCC(CN3CCN(C(=O)Cc4ccc(Nc5ncc(F)c(Nc6ccc(C(=O)Nc7ccccc7Cl)cc6)n5)cc4)CC3)CC2)cc1)C1CCC(=O)NC1=O. The summed E-state index contributed by atoms with van der Waals surface area (Å²) in [4.78, 5) is 67.1. The molecule has 4 amide bonds. The van der Waals surface area contributed by atoms with Crippen molar-refractivity contribution in [1.29, 1.82) is 0 Å². The number of halogens is 2. The summed E-state index contributed by atoms with van der Waals surface area (Å²) in [6.45, 7) is 6.14. The Labute approximate surface area is 370 Å². The number of carbonyl (C=O) groups excluding carboxylic acids is 4. The average Bonchev–Trinajstić information content (AvgIpc) is 3.29. The third kappa shape index (κ3) is 10.9. The number of para-hydroxylation sites is 1. The lowest BCUT2D eigenvalue weighted by Crippen LogP contribution is -2.51. The smallest absolute Gasteiger partial charge is 0.255 e. The zero-order chi connectivity index (χ0) is 43.9. The number of piperidine rings is 2. The molecule has 3 saturated heterocycles. The van der Waals surface area contributed by atoms with Crippen molar-refractivity contribution in [3.63, 3.8) is 0 Å². The van der Waals surface area contributed by atoms with Crippen LogP contribution in [0.3, 0.4) is 0 Å². The number of hydrogen-bond acceptors (Lipinski definition) is 11. The lowest BCUT2D eigenvalue weighted by molar-refractivity contribution is -0.134. The van der Waals surface area contributed by atoms with Crippen LogP contribution in [0.25, 0.3) is 0 Å². The van der Waals surface area contributed by atoms with Crippen molar-refractivity contribution in [3.05, 3.63) is 125 Å². The maximum absolute atomic E-state index is 14.7. The van der Waals surface area contributed by atoms with Gasteiger partial charge in [0.1, 0.15) is 6.04 Å². The summed E-state index contributed by atoms with van der Waals surface area (Å²) in [7, 11) is 1.90. The number of aromatic nitrogens is 2. The Bertz CT molecular complexity index is 2420. The molecule has 3 aliphatic heterocycles. The zero-order valence-corrected chi connectivity index (χ0v) is 35.8. The quantitative estimate of drug-likeness (QED) is 0.0919. The highest BCUT2D eigenvalue weighted by Crippen LogP contribution is 2.29. The first-order chi connectivity index (χ1) is 30.5. The number of piperazine rings is 1. The number of rotatable bonds is 13. The van der Waals surface area contributed by atoms with Crippen LogP contribution in [0.4, 0.5) is 44.6 Å². The Morgan fingerprint density at radius 1 is 0.841 bits per heavy atom. The molecule has 3 aliphatic rings. The van der Waals surface area contributed by atoms with Crippen LogP contribution < -0.4 is 31.1 Å². The van der Waals surface area contributed by atoms with Gasteiger partial charge in [0.25, 0.3) is 5.91 Å². The molecule has 0 aliphatic carbocycles. The topological polar surface area (TPSA) is 155 Å². The number of nitrogens with one attached hydrogen (secondary N) is 4. The highest BCUT2D eigenvalue weighted by molar-refractivity contribution is 6.33. The van der Waals surface area contributed by atoms with Crippen LogP contribution in [-0.2, 0) is 20.8 Å². The van der Waals surface area contributed by atoms with Gasteiger partial charge in [0.05, 0.1) is 23.3 Å². The van der Waals surface area contributed by atoms with E-state index in [0.717, 1.165) is 63.0 Å². The zero-order valence-electron chi connectivity index (χ0n) is 35.0. The van der Waals surface area contributed by atoms with Crippen molar-refractivity contribution in [3.8, 4) is 0 Å². The van der Waals surface area contributed by atoms with Gasteiger partial charge in [-0.05, 0) is 104 Å². The van der Waals surface area contributed by atoms with Crippen LogP contribution in [0.5, 0.6) is 0 Å². The molecule has 4 aromatic carbocycles. The summed E-state index contributed by atoms with van der Waals surface area (Å²) in [5.74, 6) is -0.559. The number of likely N-dealkylation sites (N-methyl/N-ethyl adjacent to an activating group) is 1. The number of hydrogen-bond donors (Lipinski definition) is 4. The molecule has 5 aromatic rings. The third-order valence-corrected chi connectivity index (χ3v) is 12.3. The maximum atomic E-state index is 14.7. The van der Waals surface area contributed by atoms with Crippen molar-refractivity contribution in [1.82, 2.24) is 25.1 Å². The second-order valence-corrected chi connectivity index (χ2v) is 16.6. The van der Waals surface area contributed by atoms with Gasteiger partial charge in [-0.25, -0.2) is 9.37 Å². The van der Waals surface area contributed by atoms with E-state index >= 15 is 0 Å². The molecule has 8 rings (SSSR count). The molecular weight excluding hydrogens is 823 g/mol. The van der Waals surface area contributed by atoms with Gasteiger partial charge >= 0.3 is 0 Å². The van der Waals surface area contributed by atoms with E-state index in [9.17, 15) is 23.6 Å². The van der Waals surface area contributed by atoms with E-state index in [1.165, 1.54) is 5.69 Å². The summed E-state index contributed by atoms with van der Waals surface area (Å²) in [6.07, 6.45) is 4.47. The van der Waals surface area contributed by atoms with Gasteiger partial charge in [-0.3, -0.25) is 29.4 Å². The van der Waals surface area contributed by atoms with Gasteiger partial charge in [0, 0.05) is 87.6 Å². The van der Waals surface area contributed by atoms with Crippen LogP contribution in [0, 0.1) is 11.7 Å². The molecule has 3 fully saturated rings. The van der Waals surface area contributed by atoms with Gasteiger partial charge < -0.3 is 30.7 Å². The van der Waals surface area contributed by atoms with Crippen molar-refractivity contribution in [2.45, 2.75) is 38.1 Å². The Kier molecular flexibility index (Phi) is 13.4. The fourth-order valence-corrected chi connectivity index (χ4v) is 8.47. The predicted molar refractivity (Wildman–Crippen MR) is 244 cm³/mol. The van der Waals surface area contributed by atoms with E-state index in [1.54, 1.807) is 48.5 Å². The molecule has 1 unspecified atom stereocenters. The molecule has 16 heteroatoms. The fourth-order valence-electron chi connectivity index (χ4n) is 8.28. The van der Waals surface area contributed by atoms with Gasteiger partial charge in [-0.15, -0.1) is 0 Å². The first-order valence-electron chi connectivity index (χ1n) is 21.3. The minimum absolute atomic E-state index is 0.0360. The lowest BCUT2D eigenvalue weighted by atomic mass is 9.95. The summed E-state index contributed by atoms with van der Waals surface area (Å²) < 4.78 is 14.7. The highest BCUT2D eigenvalue weighted by Gasteiger charge is 2.30. The molecule has 1 atom stereocenters. The minimum Gasteiger partial charge on any atom is -0.372 e. The van der Waals surface area contributed by atoms with E-state index in [4.69, 9.17) is 11.6 Å². The van der Waals surface area contributed by atoms with E-state index < -0.39 is 5.82 Å². The Morgan fingerprint density at radius 2 is 1.52 bits per heavy atom. The first kappa shape index (κ1) is 43.1. The molecule has 0 bridgehead atoms. The van der Waals surface area contributed by atoms with Gasteiger partial charge in [-0.2, -0.15) is 4.98 Å². The number of anilines is 7. The van der Waals surface area contributed by atoms with E-state index in [1.807, 2.05) is 41.1 Å². The maximum Gasteiger partial charge on any atom is 0.255 e. The molecule has 326 valence electrons. The van der Waals surface area contributed by atoms with Crippen LogP contribution >= 0.6 is 11.6 Å². The number of nitrogens with zero attached hydrogens (tertiary/aromatic N) is 6. The predicted octanol–water partition coefficient (Wildman–Crippen LogP) is 6.85. The van der Waals surface area contributed by atoms with Crippen LogP contribution in [-0.4, -0.2) is 102 Å². The Balaban J connectivity index is 0.749. The lowest BCUT2D eigenvalue weighted by Gasteiger charge is -2.39. The second kappa shape index (κ2) is 19.6. The van der Waals surface area contributed by atoms with Crippen LogP contribution in [0.1, 0.15) is 41.6 Å². The molecular formula is C47H50ClFN10O4. The van der Waals surface area contributed by atoms with Crippen molar-refractivity contribution in [2.24, 2.45) is 5.92 Å². The highest BCUT2D eigenvalue weighted by atomic mass is 35.5. The molecule has 4 N–H and O–H groups in total. The van der Waals surface area contributed by atoms with Crippen LogP contribution in [0.15, 0.2) is 103 Å². The normalized spacial score (nSPS) is 17.2. The summed E-state index contributed by atoms with van der Waals surface area (Å²) in [5, 5.41) is 11.7. The summed E-state index contributed by atoms with van der Waals surface area (Å²) in [5.41, 5.74) is 5.14. The molecule has 1 aromatic heterocycles. The molecule has 4 heterocycles. The van der Waals surface area contributed by atoms with E-state index in [0.29, 0.717) is 65.9 Å². The monoisotopic (exact) mass is 872 g/mol. The largest absolute Gasteiger partial charge is 0.372 e. The number of amides is 4. The summed E-state index contributed by atoms with van der Waals surface area (Å²) >= 11 is 6.16. The van der Waals surface area contributed by atoms with E-state index in [-0.39, 0.29) is 41.4 Å². The number of carbonyl (C=O) groups is 4. The number of imide groups is 1. The molecule has 63 heavy (non-hydrogen) atoms. The minimum atomic E-state index is -0.643. The Morgan fingerprint density at radius 3 is 2.22 bits per heavy atom. The summed E-state index contributed by atoms with van der Waals surface area (Å²) in [6, 6.07) is 29.0. The second-order valence-electron chi connectivity index (χ2n) is 16.2. The van der Waals surface area contributed by atoms with Gasteiger partial charge in [-0.1, -0.05) is 35.9 Å². The van der Waals surface area contributed by atoms with Crippen molar-refractivity contribution in [2.75, 3.05) is 78.6 Å². The fraction of sp³-hybridized carbons (Fsp3) is 0.319. The molecule has 0 spiro atoms. The van der Waals surface area contributed by atoms with Crippen molar-refractivity contribution < 1.29 is 23.6 Å². The molecule has 14 nitrogen and oxygen atoms in total. The number of benzene rings is 4. The van der Waals surface area contributed by atoms with Crippen molar-refractivity contribution >= 4 is 75.4 Å². The standard InChI is InChI=1S/C47H50ClFN10O4/c1-56(41-18-19-42(60)54-46(41)63)36-14-16-37(17-15-36)58-22-20-32(21-23-58)30-57-24-26-59(27-25-57)43(61)28-31-6-10-35(11-7-31)52-47-50-29-39(49)44(55-47)51-34-12-8-33(9-13-34)45(62)53-40-5-3-2-4-38(40)48/h2-17,29,32,41H,18-28,30H2,1H3,(H,53,62)(H,54,60,63)(H2,50,51,52,55). The average molecular weight is 873 g/mol. The van der Waals surface area contributed by atoms with Gasteiger partial charge in [0.15, 0.2) is 11.6 Å². The molecule has 0 radical (unpaired) electrons. The first-order valence-corrected chi connectivity index (χ1v) is 21.7. The van der Waals surface area contributed by atoms with Crippen LogP contribution in [0.2, 0.25) is 5.02 Å².